The lowest BCUT2D eigenvalue weighted by atomic mass is 9.90. The van der Waals surface area contributed by atoms with Crippen molar-refractivity contribution in [3.05, 3.63) is 61.8 Å². The molecule has 0 aliphatic rings. The first-order chi connectivity index (χ1) is 5.54. The number of hydrogen-bond acceptors (Lipinski definition) is 0. The summed E-state index contributed by atoms with van der Waals surface area (Å²) in [5.74, 6) is 0.202. The zero-order valence-corrected chi connectivity index (χ0v) is 7.77. The summed E-state index contributed by atoms with van der Waals surface area (Å²) in [6, 6.07) is 0. The molecular weight excluding hydrogens is 144 g/mol. The molecule has 0 N–H and O–H groups in total. The van der Waals surface area contributed by atoms with Gasteiger partial charge in [-0.25, -0.2) is 0 Å². The van der Waals surface area contributed by atoms with Gasteiger partial charge in [-0.2, -0.15) is 0 Å². The van der Waals surface area contributed by atoms with Crippen molar-refractivity contribution in [1.82, 2.24) is 0 Å². The third-order valence-corrected chi connectivity index (χ3v) is 2.00. The SMILES string of the molecule is C=CC(=C)C(=C)C(C)C(=C)C=C. The first-order valence-corrected chi connectivity index (χ1v) is 3.86. The second kappa shape index (κ2) is 4.55. The van der Waals surface area contributed by atoms with E-state index in [1.165, 1.54) is 0 Å². The van der Waals surface area contributed by atoms with Gasteiger partial charge in [-0.3, -0.25) is 0 Å². The summed E-state index contributed by atoms with van der Waals surface area (Å²) in [7, 11) is 0. The monoisotopic (exact) mass is 160 g/mol. The molecule has 12 heavy (non-hydrogen) atoms. The van der Waals surface area contributed by atoms with Crippen LogP contribution in [-0.2, 0) is 0 Å². The molecule has 0 nitrogen and oxygen atoms in total. The van der Waals surface area contributed by atoms with Crippen LogP contribution in [0.2, 0.25) is 0 Å². The van der Waals surface area contributed by atoms with Crippen molar-refractivity contribution in [2.75, 3.05) is 0 Å². The van der Waals surface area contributed by atoms with E-state index in [2.05, 4.69) is 32.9 Å². The van der Waals surface area contributed by atoms with E-state index >= 15 is 0 Å². The lowest BCUT2D eigenvalue weighted by Gasteiger charge is -2.14. The number of allylic oxidation sites excluding steroid dienone is 5. The van der Waals surface area contributed by atoms with E-state index in [0.29, 0.717) is 0 Å². The second-order valence-corrected chi connectivity index (χ2v) is 2.76. The Hall–Kier alpha value is -1.30. The summed E-state index contributed by atoms with van der Waals surface area (Å²) in [6.07, 6.45) is 3.45. The van der Waals surface area contributed by atoms with Crippen LogP contribution in [-0.4, -0.2) is 0 Å². The van der Waals surface area contributed by atoms with Gasteiger partial charge in [0, 0.05) is 5.92 Å². The van der Waals surface area contributed by atoms with Crippen LogP contribution in [0.15, 0.2) is 61.8 Å². The van der Waals surface area contributed by atoms with Crippen molar-refractivity contribution in [1.29, 1.82) is 0 Å². The standard InChI is InChI=1S/C12H16/c1-7-9(3)11(5)12(6)10(4)8-2/h7-8,12H,1-5H2,6H3. The Morgan fingerprint density at radius 1 is 1.08 bits per heavy atom. The third-order valence-electron chi connectivity index (χ3n) is 2.00. The van der Waals surface area contributed by atoms with Gasteiger partial charge >= 0.3 is 0 Å². The summed E-state index contributed by atoms with van der Waals surface area (Å²) >= 11 is 0. The molecule has 0 rings (SSSR count). The van der Waals surface area contributed by atoms with E-state index in [1.807, 2.05) is 6.92 Å². The van der Waals surface area contributed by atoms with Gasteiger partial charge in [0.2, 0.25) is 0 Å². The largest absolute Gasteiger partial charge is 0.0988 e. The quantitative estimate of drug-likeness (QED) is 0.538. The third kappa shape index (κ3) is 2.39. The van der Waals surface area contributed by atoms with Gasteiger partial charge in [-0.15, -0.1) is 0 Å². The van der Waals surface area contributed by atoms with Gasteiger partial charge in [-0.1, -0.05) is 52.0 Å². The van der Waals surface area contributed by atoms with Gasteiger partial charge < -0.3 is 0 Å². The van der Waals surface area contributed by atoms with Crippen LogP contribution in [0.3, 0.4) is 0 Å². The van der Waals surface area contributed by atoms with Crippen LogP contribution in [0, 0.1) is 5.92 Å². The molecule has 0 aromatic heterocycles. The molecule has 0 radical (unpaired) electrons. The van der Waals surface area contributed by atoms with Gasteiger partial charge in [0.25, 0.3) is 0 Å². The lowest BCUT2D eigenvalue weighted by molar-refractivity contribution is 0.848. The molecular formula is C12H16. The zero-order chi connectivity index (χ0) is 9.72. The van der Waals surface area contributed by atoms with Crippen molar-refractivity contribution in [2.24, 2.45) is 5.92 Å². The molecule has 0 spiro atoms. The molecule has 0 aliphatic heterocycles. The van der Waals surface area contributed by atoms with Gasteiger partial charge in [-0.05, 0) is 16.7 Å². The first-order valence-electron chi connectivity index (χ1n) is 3.86. The number of hydrogen-bond donors (Lipinski definition) is 0. The summed E-state index contributed by atoms with van der Waals surface area (Å²) in [6.45, 7) is 20.9. The Morgan fingerprint density at radius 2 is 1.58 bits per heavy atom. The molecule has 0 aromatic rings. The van der Waals surface area contributed by atoms with Gasteiger partial charge in [0.05, 0.1) is 0 Å². The average molecular weight is 160 g/mol. The van der Waals surface area contributed by atoms with Crippen LogP contribution in [0.4, 0.5) is 0 Å². The maximum atomic E-state index is 3.92. The average Bonchev–Trinajstić information content (AvgIpc) is 2.12. The van der Waals surface area contributed by atoms with Gasteiger partial charge in [0.15, 0.2) is 0 Å². The van der Waals surface area contributed by atoms with Crippen LogP contribution < -0.4 is 0 Å². The predicted molar refractivity (Wildman–Crippen MR) is 57.0 cm³/mol. The maximum absolute atomic E-state index is 3.92. The van der Waals surface area contributed by atoms with Crippen molar-refractivity contribution in [3.63, 3.8) is 0 Å². The van der Waals surface area contributed by atoms with E-state index in [0.717, 1.165) is 16.7 Å². The summed E-state index contributed by atoms with van der Waals surface area (Å²) in [5, 5.41) is 0. The minimum atomic E-state index is 0.202. The highest BCUT2D eigenvalue weighted by Crippen LogP contribution is 2.23. The van der Waals surface area contributed by atoms with E-state index in [-0.39, 0.29) is 5.92 Å². The van der Waals surface area contributed by atoms with Crippen LogP contribution in [0.25, 0.3) is 0 Å². The maximum Gasteiger partial charge on any atom is 0.00547 e. The highest BCUT2D eigenvalue weighted by Gasteiger charge is 2.08. The van der Waals surface area contributed by atoms with Gasteiger partial charge in [0.1, 0.15) is 0 Å². The molecule has 0 heteroatoms. The number of rotatable bonds is 5. The van der Waals surface area contributed by atoms with Crippen LogP contribution in [0.5, 0.6) is 0 Å². The Kier molecular flexibility index (Phi) is 4.06. The molecule has 1 atom stereocenters. The topological polar surface area (TPSA) is 0 Å². The summed E-state index contributed by atoms with van der Waals surface area (Å²) < 4.78 is 0. The summed E-state index contributed by atoms with van der Waals surface area (Å²) in [4.78, 5) is 0. The minimum absolute atomic E-state index is 0.202. The van der Waals surface area contributed by atoms with E-state index in [4.69, 9.17) is 0 Å². The Morgan fingerprint density at radius 3 is 1.92 bits per heavy atom. The van der Waals surface area contributed by atoms with Crippen molar-refractivity contribution in [2.45, 2.75) is 6.92 Å². The van der Waals surface area contributed by atoms with Crippen LogP contribution in [0.1, 0.15) is 6.92 Å². The lowest BCUT2D eigenvalue weighted by Crippen LogP contribution is -2.00. The van der Waals surface area contributed by atoms with Crippen molar-refractivity contribution < 1.29 is 0 Å². The van der Waals surface area contributed by atoms with Crippen molar-refractivity contribution >= 4 is 0 Å². The van der Waals surface area contributed by atoms with E-state index in [1.54, 1.807) is 12.2 Å². The zero-order valence-electron chi connectivity index (χ0n) is 7.77. The minimum Gasteiger partial charge on any atom is -0.0988 e. The fourth-order valence-electron chi connectivity index (χ4n) is 0.810. The second-order valence-electron chi connectivity index (χ2n) is 2.76. The highest BCUT2D eigenvalue weighted by atomic mass is 14.1. The predicted octanol–water partition coefficient (Wildman–Crippen LogP) is 3.66. The molecule has 0 aliphatic carbocycles. The molecule has 0 bridgehead atoms. The van der Waals surface area contributed by atoms with E-state index in [9.17, 15) is 0 Å². The normalized spacial score (nSPS) is 11.4. The highest BCUT2D eigenvalue weighted by molar-refractivity contribution is 5.40. The molecule has 1 unspecified atom stereocenters. The Bertz CT molecular complexity index is 241. The Balaban J connectivity index is 4.49. The molecule has 0 aromatic carbocycles. The summed E-state index contributed by atoms with van der Waals surface area (Å²) in [5.41, 5.74) is 2.78. The smallest absolute Gasteiger partial charge is 0.00547 e. The Labute approximate surface area is 75.3 Å². The van der Waals surface area contributed by atoms with Crippen molar-refractivity contribution in [3.8, 4) is 0 Å². The van der Waals surface area contributed by atoms with Crippen LogP contribution >= 0.6 is 0 Å². The molecule has 0 amide bonds. The fraction of sp³-hybridized carbons (Fsp3) is 0.167. The first kappa shape index (κ1) is 10.7. The molecule has 64 valence electrons. The molecule has 0 fully saturated rings. The van der Waals surface area contributed by atoms with E-state index < -0.39 is 0 Å². The fourth-order valence-corrected chi connectivity index (χ4v) is 0.810. The molecule has 0 saturated heterocycles. The molecule has 0 saturated carbocycles. The molecule has 0 heterocycles.